The van der Waals surface area contributed by atoms with Crippen molar-refractivity contribution in [2.45, 2.75) is 12.8 Å². The summed E-state index contributed by atoms with van der Waals surface area (Å²) in [5, 5.41) is 8.33. The molecule has 1 aromatic rings. The van der Waals surface area contributed by atoms with E-state index in [0.29, 0.717) is 6.07 Å². The average molecular weight is 229 g/mol. The molecule has 1 rings (SSSR count). The van der Waals surface area contributed by atoms with Crippen LogP contribution < -0.4 is 0 Å². The fourth-order valence-electron chi connectivity index (χ4n) is 1.05. The van der Waals surface area contributed by atoms with Crippen LogP contribution in [0.3, 0.4) is 0 Å². The standard InChI is InChI=1S/C8H5ClF4O/c9-5-1-2-6(10)7(4(5)3-14)8(11,12)13/h1-2,14H,3H2. The maximum Gasteiger partial charge on any atom is 0.419 e. The summed E-state index contributed by atoms with van der Waals surface area (Å²) in [5.41, 5.74) is -2.15. The highest BCUT2D eigenvalue weighted by Gasteiger charge is 2.37. The molecule has 0 amide bonds. The summed E-state index contributed by atoms with van der Waals surface area (Å²) in [4.78, 5) is 0. The maximum absolute atomic E-state index is 12.8. The quantitative estimate of drug-likeness (QED) is 0.733. The van der Waals surface area contributed by atoms with Crippen molar-refractivity contribution in [3.63, 3.8) is 0 Å². The Bertz CT molecular complexity index is 348. The fraction of sp³-hybridized carbons (Fsp3) is 0.250. The second-order valence-corrected chi connectivity index (χ2v) is 2.95. The van der Waals surface area contributed by atoms with Crippen molar-refractivity contribution in [1.82, 2.24) is 0 Å². The van der Waals surface area contributed by atoms with E-state index in [2.05, 4.69) is 0 Å². The number of hydrogen-bond donors (Lipinski definition) is 1. The number of halogens is 5. The highest BCUT2D eigenvalue weighted by atomic mass is 35.5. The zero-order valence-electron chi connectivity index (χ0n) is 6.70. The normalized spacial score (nSPS) is 11.9. The number of rotatable bonds is 1. The summed E-state index contributed by atoms with van der Waals surface area (Å²) in [6.45, 7) is -0.953. The average Bonchev–Trinajstić information content (AvgIpc) is 2.06. The number of benzene rings is 1. The third kappa shape index (κ3) is 1.99. The molecule has 1 nitrogen and oxygen atoms in total. The molecule has 1 N–H and O–H groups in total. The van der Waals surface area contributed by atoms with Crippen molar-refractivity contribution >= 4 is 11.6 Å². The molecule has 14 heavy (non-hydrogen) atoms. The summed E-state index contributed by atoms with van der Waals surface area (Å²) in [5.74, 6) is -1.44. The van der Waals surface area contributed by atoms with Crippen molar-refractivity contribution in [3.8, 4) is 0 Å². The molecular formula is C8H5ClF4O. The van der Waals surface area contributed by atoms with Crippen molar-refractivity contribution in [1.29, 1.82) is 0 Å². The number of hydrogen-bond acceptors (Lipinski definition) is 1. The first kappa shape index (κ1) is 11.3. The minimum absolute atomic E-state index is 0.304. The zero-order chi connectivity index (χ0) is 10.9. The van der Waals surface area contributed by atoms with Gasteiger partial charge in [-0.05, 0) is 12.1 Å². The molecule has 0 saturated heterocycles. The molecule has 0 spiro atoms. The minimum Gasteiger partial charge on any atom is -0.392 e. The van der Waals surface area contributed by atoms with Gasteiger partial charge in [0.05, 0.1) is 12.2 Å². The Labute approximate surface area is 81.9 Å². The highest BCUT2D eigenvalue weighted by Crippen LogP contribution is 2.36. The highest BCUT2D eigenvalue weighted by molar-refractivity contribution is 6.31. The summed E-state index contributed by atoms with van der Waals surface area (Å²) < 4.78 is 49.6. The van der Waals surface area contributed by atoms with Crippen molar-refractivity contribution in [2.75, 3.05) is 0 Å². The van der Waals surface area contributed by atoms with Crippen LogP contribution in [0.25, 0.3) is 0 Å². The van der Waals surface area contributed by atoms with E-state index in [-0.39, 0.29) is 5.02 Å². The number of aliphatic hydroxyl groups is 1. The smallest absolute Gasteiger partial charge is 0.392 e. The van der Waals surface area contributed by atoms with Gasteiger partial charge in [0, 0.05) is 10.6 Å². The second kappa shape index (κ2) is 3.74. The molecule has 0 heterocycles. The van der Waals surface area contributed by atoms with Gasteiger partial charge in [-0.3, -0.25) is 0 Å². The van der Waals surface area contributed by atoms with E-state index in [4.69, 9.17) is 16.7 Å². The second-order valence-electron chi connectivity index (χ2n) is 2.54. The largest absolute Gasteiger partial charge is 0.419 e. The lowest BCUT2D eigenvalue weighted by Crippen LogP contribution is -2.12. The molecule has 0 aliphatic carbocycles. The Balaban J connectivity index is 3.46. The Morgan fingerprint density at radius 1 is 1.29 bits per heavy atom. The van der Waals surface area contributed by atoms with Gasteiger partial charge >= 0.3 is 6.18 Å². The van der Waals surface area contributed by atoms with Gasteiger partial charge in [0.15, 0.2) is 0 Å². The van der Waals surface area contributed by atoms with Crippen LogP contribution in [-0.4, -0.2) is 5.11 Å². The first-order valence-corrected chi connectivity index (χ1v) is 3.90. The van der Waals surface area contributed by atoms with Crippen molar-refractivity contribution < 1.29 is 22.7 Å². The number of aliphatic hydroxyl groups excluding tert-OH is 1. The van der Waals surface area contributed by atoms with Crippen LogP contribution in [0, 0.1) is 5.82 Å². The third-order valence-electron chi connectivity index (χ3n) is 1.65. The van der Waals surface area contributed by atoms with Crippen LogP contribution in [0.1, 0.15) is 11.1 Å². The van der Waals surface area contributed by atoms with Crippen LogP contribution in [0.15, 0.2) is 12.1 Å². The molecule has 0 aromatic heterocycles. The van der Waals surface area contributed by atoms with Crippen molar-refractivity contribution in [2.24, 2.45) is 0 Å². The molecule has 0 aliphatic rings. The molecule has 0 atom stereocenters. The molecule has 1 aromatic carbocycles. The van der Waals surface area contributed by atoms with E-state index in [1.807, 2.05) is 0 Å². The van der Waals surface area contributed by atoms with E-state index in [1.165, 1.54) is 0 Å². The first-order valence-electron chi connectivity index (χ1n) is 3.53. The molecule has 78 valence electrons. The van der Waals surface area contributed by atoms with Gasteiger partial charge < -0.3 is 5.11 Å². The minimum atomic E-state index is -4.85. The molecule has 0 aliphatic heterocycles. The Morgan fingerprint density at radius 2 is 1.86 bits per heavy atom. The Morgan fingerprint density at radius 3 is 2.21 bits per heavy atom. The lowest BCUT2D eigenvalue weighted by atomic mass is 10.1. The van der Waals surface area contributed by atoms with Crippen LogP contribution >= 0.6 is 11.6 Å². The molecule has 0 unspecified atom stereocenters. The van der Waals surface area contributed by atoms with Crippen molar-refractivity contribution in [3.05, 3.63) is 34.1 Å². The van der Waals surface area contributed by atoms with E-state index < -0.39 is 29.7 Å². The van der Waals surface area contributed by atoms with Gasteiger partial charge in [-0.2, -0.15) is 13.2 Å². The van der Waals surface area contributed by atoms with Crippen LogP contribution in [0.2, 0.25) is 5.02 Å². The van der Waals surface area contributed by atoms with Crippen LogP contribution in [0.5, 0.6) is 0 Å². The molecule has 0 fully saturated rings. The lowest BCUT2D eigenvalue weighted by Gasteiger charge is -2.13. The van der Waals surface area contributed by atoms with Gasteiger partial charge in [0.1, 0.15) is 5.82 Å². The zero-order valence-corrected chi connectivity index (χ0v) is 7.45. The predicted molar refractivity (Wildman–Crippen MR) is 42.3 cm³/mol. The van der Waals surface area contributed by atoms with E-state index in [9.17, 15) is 17.6 Å². The van der Waals surface area contributed by atoms with Crippen LogP contribution in [-0.2, 0) is 12.8 Å². The van der Waals surface area contributed by atoms with E-state index >= 15 is 0 Å². The van der Waals surface area contributed by atoms with Gasteiger partial charge in [0.2, 0.25) is 0 Å². The Kier molecular flexibility index (Phi) is 3.01. The summed E-state index contributed by atoms with van der Waals surface area (Å²) >= 11 is 5.38. The molecule has 0 saturated carbocycles. The predicted octanol–water partition coefficient (Wildman–Crippen LogP) is 2.99. The fourth-order valence-corrected chi connectivity index (χ4v) is 1.27. The molecule has 0 bridgehead atoms. The van der Waals surface area contributed by atoms with E-state index in [0.717, 1.165) is 6.07 Å². The topological polar surface area (TPSA) is 20.2 Å². The van der Waals surface area contributed by atoms with Gasteiger partial charge in [-0.1, -0.05) is 11.6 Å². The summed E-state index contributed by atoms with van der Waals surface area (Å²) in [6.07, 6.45) is -4.85. The molecule has 6 heteroatoms. The molecular weight excluding hydrogens is 224 g/mol. The van der Waals surface area contributed by atoms with Gasteiger partial charge in [-0.15, -0.1) is 0 Å². The maximum atomic E-state index is 12.8. The summed E-state index contributed by atoms with van der Waals surface area (Å²) in [7, 11) is 0. The lowest BCUT2D eigenvalue weighted by molar-refractivity contribution is -0.141. The SMILES string of the molecule is OCc1c(Cl)ccc(F)c1C(F)(F)F. The molecule has 0 radical (unpaired) electrons. The van der Waals surface area contributed by atoms with E-state index in [1.54, 1.807) is 0 Å². The van der Waals surface area contributed by atoms with Gasteiger partial charge in [0.25, 0.3) is 0 Å². The van der Waals surface area contributed by atoms with Gasteiger partial charge in [-0.25, -0.2) is 4.39 Å². The first-order chi connectivity index (χ1) is 6.38. The van der Waals surface area contributed by atoms with Crippen LogP contribution in [0.4, 0.5) is 17.6 Å². The monoisotopic (exact) mass is 228 g/mol. The number of alkyl halides is 3. The summed E-state index contributed by atoms with van der Waals surface area (Å²) in [6, 6.07) is 1.59. The third-order valence-corrected chi connectivity index (χ3v) is 2.00. The Hall–Kier alpha value is -0.810.